The van der Waals surface area contributed by atoms with Crippen molar-refractivity contribution in [3.63, 3.8) is 0 Å². The molecule has 0 unspecified atom stereocenters. The third-order valence-electron chi connectivity index (χ3n) is 6.01. The van der Waals surface area contributed by atoms with Gasteiger partial charge in [0.2, 0.25) is 0 Å². The SMILES string of the molecule is O=C(O)C1(c2ccc(-c3ccc(-c4oncc4NS(=O)(=O)Nc4ccccc4Cl)cc3)cc2)CC1. The quantitative estimate of drug-likeness (QED) is 0.286. The van der Waals surface area contributed by atoms with Gasteiger partial charge in [-0.15, -0.1) is 0 Å². The predicted octanol–water partition coefficient (Wildman–Crippen LogP) is 5.55. The Balaban J connectivity index is 1.33. The van der Waals surface area contributed by atoms with Crippen molar-refractivity contribution in [2.45, 2.75) is 18.3 Å². The molecule has 3 N–H and O–H groups in total. The average molecular weight is 510 g/mol. The monoisotopic (exact) mass is 509 g/mol. The number of carbonyl (C=O) groups is 1. The van der Waals surface area contributed by atoms with Crippen LogP contribution < -0.4 is 9.44 Å². The molecule has 1 saturated carbocycles. The molecule has 1 fully saturated rings. The number of nitrogens with one attached hydrogen (secondary N) is 2. The number of carboxylic acids is 1. The topological polar surface area (TPSA) is 122 Å². The molecular weight excluding hydrogens is 490 g/mol. The molecule has 35 heavy (non-hydrogen) atoms. The zero-order chi connectivity index (χ0) is 24.6. The predicted molar refractivity (Wildman–Crippen MR) is 134 cm³/mol. The van der Waals surface area contributed by atoms with Gasteiger partial charge in [0.15, 0.2) is 5.76 Å². The van der Waals surface area contributed by atoms with E-state index in [0.717, 1.165) is 16.7 Å². The fourth-order valence-electron chi connectivity index (χ4n) is 3.93. The van der Waals surface area contributed by atoms with Crippen molar-refractivity contribution in [2.24, 2.45) is 0 Å². The summed E-state index contributed by atoms with van der Waals surface area (Å²) in [6, 6.07) is 21.4. The summed E-state index contributed by atoms with van der Waals surface area (Å²) >= 11 is 6.04. The highest BCUT2D eigenvalue weighted by atomic mass is 35.5. The minimum atomic E-state index is -4.01. The molecule has 0 spiro atoms. The first-order chi connectivity index (χ1) is 16.8. The van der Waals surface area contributed by atoms with Crippen molar-refractivity contribution in [3.8, 4) is 22.5 Å². The number of hydrogen-bond acceptors (Lipinski definition) is 5. The fraction of sp³-hybridized carbons (Fsp3) is 0.120. The molecule has 1 aromatic heterocycles. The zero-order valence-corrected chi connectivity index (χ0v) is 19.8. The lowest BCUT2D eigenvalue weighted by Gasteiger charge is -2.12. The lowest BCUT2D eigenvalue weighted by Crippen LogP contribution is -2.21. The molecule has 4 aromatic rings. The Morgan fingerprint density at radius 1 is 0.886 bits per heavy atom. The van der Waals surface area contributed by atoms with Gasteiger partial charge >= 0.3 is 16.2 Å². The van der Waals surface area contributed by atoms with Crippen LogP contribution in [0.5, 0.6) is 0 Å². The molecule has 0 saturated heterocycles. The van der Waals surface area contributed by atoms with Gasteiger partial charge in [-0.3, -0.25) is 14.2 Å². The molecular formula is C25H20ClN3O5S. The maximum atomic E-state index is 12.6. The number of aliphatic carboxylic acids is 1. The van der Waals surface area contributed by atoms with Crippen molar-refractivity contribution in [1.29, 1.82) is 0 Å². The van der Waals surface area contributed by atoms with E-state index in [2.05, 4.69) is 14.6 Å². The minimum Gasteiger partial charge on any atom is -0.481 e. The Morgan fingerprint density at radius 2 is 1.46 bits per heavy atom. The number of aromatic nitrogens is 1. The summed E-state index contributed by atoms with van der Waals surface area (Å²) in [7, 11) is -4.01. The van der Waals surface area contributed by atoms with E-state index >= 15 is 0 Å². The zero-order valence-electron chi connectivity index (χ0n) is 18.2. The number of para-hydroxylation sites is 1. The van der Waals surface area contributed by atoms with Gasteiger partial charge in [-0.2, -0.15) is 8.42 Å². The molecule has 0 bridgehead atoms. The van der Waals surface area contributed by atoms with Crippen LogP contribution in [0.1, 0.15) is 18.4 Å². The molecule has 10 heteroatoms. The molecule has 0 amide bonds. The largest absolute Gasteiger partial charge is 0.481 e. The summed E-state index contributed by atoms with van der Waals surface area (Å²) in [6.07, 6.45) is 2.60. The highest BCUT2D eigenvalue weighted by Gasteiger charge is 2.51. The van der Waals surface area contributed by atoms with Crippen molar-refractivity contribution in [1.82, 2.24) is 5.16 Å². The van der Waals surface area contributed by atoms with Crippen LogP contribution in [-0.4, -0.2) is 24.7 Å². The van der Waals surface area contributed by atoms with Crippen LogP contribution in [0, 0.1) is 0 Å². The smallest absolute Gasteiger partial charge is 0.321 e. The maximum Gasteiger partial charge on any atom is 0.321 e. The number of hydrogen-bond donors (Lipinski definition) is 3. The highest BCUT2D eigenvalue weighted by Crippen LogP contribution is 2.48. The van der Waals surface area contributed by atoms with Gasteiger partial charge in [0.05, 0.1) is 22.3 Å². The van der Waals surface area contributed by atoms with Gasteiger partial charge < -0.3 is 9.63 Å². The Kier molecular flexibility index (Phi) is 5.74. The molecule has 1 heterocycles. The van der Waals surface area contributed by atoms with Gasteiger partial charge in [-0.25, -0.2) is 0 Å². The Labute approximate surface area is 206 Å². The van der Waals surface area contributed by atoms with Gasteiger partial charge in [-0.1, -0.05) is 77.4 Å². The number of halogens is 1. The summed E-state index contributed by atoms with van der Waals surface area (Å²) in [6.45, 7) is 0. The Morgan fingerprint density at radius 3 is 2.06 bits per heavy atom. The minimum absolute atomic E-state index is 0.171. The fourth-order valence-corrected chi connectivity index (χ4v) is 5.12. The molecule has 0 atom stereocenters. The maximum absolute atomic E-state index is 12.6. The summed E-state index contributed by atoms with van der Waals surface area (Å²) in [5, 5.41) is 13.5. The highest BCUT2D eigenvalue weighted by molar-refractivity contribution is 7.94. The molecule has 8 nitrogen and oxygen atoms in total. The molecule has 0 aliphatic heterocycles. The number of anilines is 2. The molecule has 1 aliphatic rings. The van der Waals surface area contributed by atoms with Gasteiger partial charge in [-0.05, 0) is 41.7 Å². The third kappa shape index (κ3) is 4.60. The van der Waals surface area contributed by atoms with E-state index in [4.69, 9.17) is 16.1 Å². The van der Waals surface area contributed by atoms with E-state index in [1.54, 1.807) is 36.4 Å². The average Bonchev–Trinajstić information content (AvgIpc) is 3.55. The van der Waals surface area contributed by atoms with Crippen LogP contribution in [0.3, 0.4) is 0 Å². The molecule has 1 aliphatic carbocycles. The van der Waals surface area contributed by atoms with E-state index in [9.17, 15) is 18.3 Å². The first-order valence-corrected chi connectivity index (χ1v) is 12.6. The van der Waals surface area contributed by atoms with Crippen LogP contribution in [0.15, 0.2) is 83.5 Å². The number of carboxylic acid groups (broad SMARTS) is 1. The second-order valence-electron chi connectivity index (χ2n) is 8.30. The normalized spacial score (nSPS) is 14.3. The molecule has 0 radical (unpaired) electrons. The second-order valence-corrected chi connectivity index (χ2v) is 10.1. The summed E-state index contributed by atoms with van der Waals surface area (Å²) in [5.74, 6) is -0.524. The van der Waals surface area contributed by atoms with E-state index in [1.807, 2.05) is 36.4 Å². The van der Waals surface area contributed by atoms with Crippen LogP contribution in [0.25, 0.3) is 22.5 Å². The van der Waals surface area contributed by atoms with Crippen molar-refractivity contribution in [2.75, 3.05) is 9.44 Å². The number of nitrogens with zero attached hydrogens (tertiary/aromatic N) is 1. The number of rotatable bonds is 8. The van der Waals surface area contributed by atoms with E-state index < -0.39 is 21.6 Å². The van der Waals surface area contributed by atoms with Crippen LogP contribution in [-0.2, 0) is 20.4 Å². The van der Waals surface area contributed by atoms with Gasteiger partial charge in [0, 0.05) is 5.56 Å². The van der Waals surface area contributed by atoms with Crippen molar-refractivity contribution in [3.05, 3.63) is 89.6 Å². The van der Waals surface area contributed by atoms with E-state index in [-0.39, 0.29) is 22.2 Å². The first kappa shape index (κ1) is 22.9. The molecule has 3 aromatic carbocycles. The standard InChI is InChI=1S/C25H20ClN3O5S/c26-20-3-1-2-4-21(20)28-35(32,33)29-22-15-27-34-23(22)18-7-5-16(6-8-18)17-9-11-19(12-10-17)25(13-14-25)24(30)31/h1-12,15,28-29H,13-14H2,(H,30,31). The second kappa shape index (κ2) is 8.75. The van der Waals surface area contributed by atoms with Crippen LogP contribution >= 0.6 is 11.6 Å². The van der Waals surface area contributed by atoms with Crippen LogP contribution in [0.2, 0.25) is 5.02 Å². The summed E-state index contributed by atoms with van der Waals surface area (Å²) in [5.41, 5.74) is 2.97. The van der Waals surface area contributed by atoms with E-state index in [1.165, 1.54) is 6.20 Å². The summed E-state index contributed by atoms with van der Waals surface area (Å²) in [4.78, 5) is 11.5. The van der Waals surface area contributed by atoms with Gasteiger partial charge in [0.25, 0.3) is 0 Å². The number of benzene rings is 3. The molecule has 5 rings (SSSR count). The van der Waals surface area contributed by atoms with E-state index in [0.29, 0.717) is 18.4 Å². The lowest BCUT2D eigenvalue weighted by molar-refractivity contribution is -0.140. The van der Waals surface area contributed by atoms with Crippen LogP contribution in [0.4, 0.5) is 11.4 Å². The molecule has 178 valence electrons. The third-order valence-corrected chi connectivity index (χ3v) is 7.32. The lowest BCUT2D eigenvalue weighted by atomic mass is 9.93. The Bertz CT molecular complexity index is 1490. The van der Waals surface area contributed by atoms with Crippen molar-refractivity contribution < 1.29 is 22.8 Å². The van der Waals surface area contributed by atoms with Gasteiger partial charge in [0.1, 0.15) is 5.69 Å². The van der Waals surface area contributed by atoms with Crippen molar-refractivity contribution >= 4 is 39.2 Å². The Hall–Kier alpha value is -3.82. The first-order valence-electron chi connectivity index (χ1n) is 10.7. The summed E-state index contributed by atoms with van der Waals surface area (Å²) < 4.78 is 35.3.